The van der Waals surface area contributed by atoms with Crippen LogP contribution >= 0.6 is 0 Å². The standard InChI is InChI=1S/C25H21N3O6/c29-19(26-27-22(30)14-4-2-1-3-5-14)13-34-25(33)15-8-10-18(11-9-15)28-23(31)20-16-6-7-17(12-16)21(20)24(28)32/h1-11,16-17,20-21H,12-13H2,(H,26,29)(H,27,30)/t16-,17-,20+,21+/m0/s1. The normalized spacial score (nSPS) is 24.2. The van der Waals surface area contributed by atoms with Crippen LogP contribution in [-0.4, -0.2) is 36.2 Å². The smallest absolute Gasteiger partial charge is 0.338 e. The molecule has 0 aromatic heterocycles. The molecule has 1 heterocycles. The van der Waals surface area contributed by atoms with E-state index in [2.05, 4.69) is 10.9 Å². The molecule has 1 saturated carbocycles. The maximum Gasteiger partial charge on any atom is 0.338 e. The first-order valence-corrected chi connectivity index (χ1v) is 10.9. The molecule has 2 aromatic rings. The Bertz CT molecular complexity index is 1180. The Morgan fingerprint density at radius 2 is 1.44 bits per heavy atom. The molecule has 1 saturated heterocycles. The first-order valence-electron chi connectivity index (χ1n) is 10.9. The van der Waals surface area contributed by atoms with E-state index in [9.17, 15) is 24.0 Å². The predicted molar refractivity (Wildman–Crippen MR) is 119 cm³/mol. The summed E-state index contributed by atoms with van der Waals surface area (Å²) in [5.41, 5.74) is 5.33. The van der Waals surface area contributed by atoms with Crippen LogP contribution in [0.3, 0.4) is 0 Å². The van der Waals surface area contributed by atoms with E-state index < -0.39 is 24.4 Å². The van der Waals surface area contributed by atoms with Gasteiger partial charge in [0, 0.05) is 5.56 Å². The molecule has 1 aliphatic heterocycles. The average molecular weight is 459 g/mol. The van der Waals surface area contributed by atoms with Crippen LogP contribution in [0.25, 0.3) is 0 Å². The Labute approximate surface area is 194 Å². The average Bonchev–Trinajstić information content (AvgIpc) is 3.55. The number of anilines is 1. The van der Waals surface area contributed by atoms with E-state index in [0.29, 0.717) is 11.3 Å². The van der Waals surface area contributed by atoms with Gasteiger partial charge in [-0.25, -0.2) is 4.79 Å². The van der Waals surface area contributed by atoms with Crippen molar-refractivity contribution in [1.29, 1.82) is 0 Å². The lowest BCUT2D eigenvalue weighted by atomic mass is 9.85. The molecule has 2 bridgehead atoms. The van der Waals surface area contributed by atoms with Gasteiger partial charge in [0.2, 0.25) is 11.8 Å². The third-order valence-corrected chi connectivity index (χ3v) is 6.52. The number of hydrogen-bond acceptors (Lipinski definition) is 6. The highest BCUT2D eigenvalue weighted by atomic mass is 16.5. The van der Waals surface area contributed by atoms with E-state index in [1.165, 1.54) is 29.2 Å². The van der Waals surface area contributed by atoms with Gasteiger partial charge in [-0.3, -0.25) is 34.9 Å². The maximum absolute atomic E-state index is 12.9. The van der Waals surface area contributed by atoms with Gasteiger partial charge in [-0.15, -0.1) is 0 Å². The van der Waals surface area contributed by atoms with Crippen molar-refractivity contribution in [3.8, 4) is 0 Å². The molecule has 9 nitrogen and oxygen atoms in total. The molecule has 5 rings (SSSR count). The maximum atomic E-state index is 12.9. The number of fused-ring (bicyclic) bond motifs is 5. The van der Waals surface area contributed by atoms with Gasteiger partial charge in [0.15, 0.2) is 6.61 Å². The number of imide groups is 1. The summed E-state index contributed by atoms with van der Waals surface area (Å²) in [6.45, 7) is -0.599. The van der Waals surface area contributed by atoms with Crippen LogP contribution in [0, 0.1) is 23.7 Å². The van der Waals surface area contributed by atoms with Crippen LogP contribution in [0.15, 0.2) is 66.7 Å². The third kappa shape index (κ3) is 3.75. The lowest BCUT2D eigenvalue weighted by molar-refractivity contribution is -0.125. The number of hydrogen-bond donors (Lipinski definition) is 2. The SMILES string of the molecule is O=C(COC(=O)c1ccc(N2C(=O)[C@H]3[C@H](C2=O)[C@H]2C=C[C@H]3C2)cc1)NNC(=O)c1ccccc1. The summed E-state index contributed by atoms with van der Waals surface area (Å²) in [6, 6.07) is 14.2. The van der Waals surface area contributed by atoms with Crippen LogP contribution in [-0.2, 0) is 19.1 Å². The van der Waals surface area contributed by atoms with E-state index in [-0.39, 0.29) is 41.0 Å². The van der Waals surface area contributed by atoms with Crippen molar-refractivity contribution in [3.05, 3.63) is 77.9 Å². The van der Waals surface area contributed by atoms with Crippen LogP contribution in [0.1, 0.15) is 27.1 Å². The van der Waals surface area contributed by atoms with Gasteiger partial charge in [0.05, 0.1) is 23.1 Å². The molecule has 172 valence electrons. The molecule has 4 atom stereocenters. The summed E-state index contributed by atoms with van der Waals surface area (Å²) < 4.78 is 4.97. The second-order valence-electron chi connectivity index (χ2n) is 8.50. The molecular weight excluding hydrogens is 438 g/mol. The minimum absolute atomic E-state index is 0.120. The van der Waals surface area contributed by atoms with Crippen molar-refractivity contribution in [3.63, 3.8) is 0 Å². The summed E-state index contributed by atoms with van der Waals surface area (Å²) in [5, 5.41) is 0. The second-order valence-corrected chi connectivity index (χ2v) is 8.50. The highest BCUT2D eigenvalue weighted by Gasteiger charge is 2.59. The minimum atomic E-state index is -0.755. The number of ether oxygens (including phenoxy) is 1. The van der Waals surface area contributed by atoms with Gasteiger partial charge in [0.1, 0.15) is 0 Å². The van der Waals surface area contributed by atoms with Gasteiger partial charge >= 0.3 is 5.97 Å². The van der Waals surface area contributed by atoms with Crippen LogP contribution in [0.2, 0.25) is 0 Å². The molecule has 9 heteroatoms. The molecule has 34 heavy (non-hydrogen) atoms. The molecule has 2 N–H and O–H groups in total. The lowest BCUT2D eigenvalue weighted by Crippen LogP contribution is -2.43. The molecule has 0 unspecified atom stereocenters. The molecule has 2 aromatic carbocycles. The molecular formula is C25H21N3O6. The van der Waals surface area contributed by atoms with Gasteiger partial charge in [-0.05, 0) is 54.7 Å². The Balaban J connectivity index is 1.14. The first kappa shape index (κ1) is 21.6. The van der Waals surface area contributed by atoms with Crippen molar-refractivity contribution in [2.75, 3.05) is 11.5 Å². The minimum Gasteiger partial charge on any atom is -0.452 e. The number of esters is 1. The molecule has 2 fully saturated rings. The fraction of sp³-hybridized carbons (Fsp3) is 0.240. The molecule has 4 amide bonds. The number of carbonyl (C=O) groups excluding carboxylic acids is 5. The van der Waals surface area contributed by atoms with Crippen LogP contribution < -0.4 is 15.8 Å². The van der Waals surface area contributed by atoms with E-state index in [1.54, 1.807) is 30.3 Å². The monoisotopic (exact) mass is 459 g/mol. The van der Waals surface area contributed by atoms with Crippen molar-refractivity contribution in [2.24, 2.45) is 23.7 Å². The topological polar surface area (TPSA) is 122 Å². The zero-order valence-electron chi connectivity index (χ0n) is 18.0. The number of nitrogens with zero attached hydrogens (tertiary/aromatic N) is 1. The zero-order chi connectivity index (χ0) is 23.8. The summed E-state index contributed by atoms with van der Waals surface area (Å²) in [6.07, 6.45) is 4.92. The van der Waals surface area contributed by atoms with Gasteiger partial charge in [-0.1, -0.05) is 30.4 Å². The zero-order valence-corrected chi connectivity index (χ0v) is 18.0. The van der Waals surface area contributed by atoms with Gasteiger partial charge in [0.25, 0.3) is 11.8 Å². The van der Waals surface area contributed by atoms with Crippen LogP contribution in [0.4, 0.5) is 5.69 Å². The highest BCUT2D eigenvalue weighted by molar-refractivity contribution is 6.22. The Hall–Kier alpha value is -4.27. The predicted octanol–water partition coefficient (Wildman–Crippen LogP) is 1.62. The number of allylic oxidation sites excluding steroid dienone is 2. The number of benzene rings is 2. The summed E-state index contributed by atoms with van der Waals surface area (Å²) in [5.74, 6) is -2.72. The van der Waals surface area contributed by atoms with Crippen molar-refractivity contribution in [1.82, 2.24) is 10.9 Å². The number of hydrazine groups is 1. The lowest BCUT2D eigenvalue weighted by Gasteiger charge is -2.17. The molecule has 0 spiro atoms. The van der Waals surface area contributed by atoms with E-state index in [4.69, 9.17) is 4.74 Å². The van der Waals surface area contributed by atoms with E-state index >= 15 is 0 Å². The second kappa shape index (κ2) is 8.58. The molecule has 0 radical (unpaired) electrons. The Morgan fingerprint density at radius 1 is 0.824 bits per heavy atom. The molecule has 2 aliphatic carbocycles. The van der Waals surface area contributed by atoms with Gasteiger partial charge < -0.3 is 4.74 Å². The largest absolute Gasteiger partial charge is 0.452 e. The van der Waals surface area contributed by atoms with Crippen molar-refractivity contribution >= 4 is 35.3 Å². The van der Waals surface area contributed by atoms with Crippen LogP contribution in [0.5, 0.6) is 0 Å². The first-order chi connectivity index (χ1) is 16.4. The summed E-state index contributed by atoms with van der Waals surface area (Å²) >= 11 is 0. The van der Waals surface area contributed by atoms with E-state index in [0.717, 1.165) is 6.42 Å². The summed E-state index contributed by atoms with van der Waals surface area (Å²) in [4.78, 5) is 63.1. The van der Waals surface area contributed by atoms with Crippen molar-refractivity contribution in [2.45, 2.75) is 6.42 Å². The third-order valence-electron chi connectivity index (χ3n) is 6.52. The fourth-order valence-corrected chi connectivity index (χ4v) is 4.94. The fourth-order valence-electron chi connectivity index (χ4n) is 4.94. The Morgan fingerprint density at radius 3 is 2.06 bits per heavy atom. The molecule has 3 aliphatic rings. The quantitative estimate of drug-likeness (QED) is 0.303. The number of nitrogens with one attached hydrogen (secondary N) is 2. The summed E-state index contributed by atoms with van der Waals surface area (Å²) in [7, 11) is 0. The van der Waals surface area contributed by atoms with Crippen molar-refractivity contribution < 1.29 is 28.7 Å². The van der Waals surface area contributed by atoms with Gasteiger partial charge in [-0.2, -0.15) is 0 Å². The van der Waals surface area contributed by atoms with E-state index in [1.807, 2.05) is 12.2 Å². The Kier molecular flexibility index (Phi) is 5.45. The highest BCUT2D eigenvalue weighted by Crippen LogP contribution is 2.53. The number of rotatable bonds is 5. The number of carbonyl (C=O) groups is 5. The number of amides is 4.